The lowest BCUT2D eigenvalue weighted by Gasteiger charge is -2.15. The summed E-state index contributed by atoms with van der Waals surface area (Å²) in [6.45, 7) is 3.54. The van der Waals surface area contributed by atoms with Crippen LogP contribution in [-0.2, 0) is 16.0 Å². The van der Waals surface area contributed by atoms with Gasteiger partial charge < -0.3 is 15.2 Å². The highest BCUT2D eigenvalue weighted by atomic mass is 16.5. The van der Waals surface area contributed by atoms with Gasteiger partial charge in [-0.1, -0.05) is 12.1 Å². The fourth-order valence-electron chi connectivity index (χ4n) is 2.25. The average molecular weight is 291 g/mol. The summed E-state index contributed by atoms with van der Waals surface area (Å²) in [5.41, 5.74) is 0.859. The third-order valence-corrected chi connectivity index (χ3v) is 3.79. The molecule has 1 fully saturated rings. The van der Waals surface area contributed by atoms with Crippen molar-refractivity contribution in [3.05, 3.63) is 35.4 Å². The van der Waals surface area contributed by atoms with Crippen LogP contribution >= 0.6 is 0 Å². The van der Waals surface area contributed by atoms with E-state index in [1.807, 2.05) is 13.0 Å². The van der Waals surface area contributed by atoms with E-state index in [-0.39, 0.29) is 16.9 Å². The zero-order valence-electron chi connectivity index (χ0n) is 12.2. The van der Waals surface area contributed by atoms with E-state index in [4.69, 9.17) is 9.84 Å². The number of nitrogens with one attached hydrogen (secondary N) is 1. The van der Waals surface area contributed by atoms with Crippen LogP contribution in [0.2, 0.25) is 0 Å². The Balaban J connectivity index is 1.80. The van der Waals surface area contributed by atoms with Gasteiger partial charge in [0.25, 0.3) is 0 Å². The molecule has 1 aliphatic rings. The minimum Gasteiger partial charge on any atom is -0.478 e. The number of hydrogen-bond acceptors (Lipinski definition) is 3. The predicted molar refractivity (Wildman–Crippen MR) is 78.3 cm³/mol. The first-order chi connectivity index (χ1) is 10.1. The fourth-order valence-corrected chi connectivity index (χ4v) is 2.25. The number of carbonyl (C=O) groups excluding carboxylic acids is 1. The first-order valence-corrected chi connectivity index (χ1v) is 7.26. The zero-order chi connectivity index (χ0) is 15.3. The molecule has 2 N–H and O–H groups in total. The lowest BCUT2D eigenvalue weighted by molar-refractivity contribution is -0.128. The van der Waals surface area contributed by atoms with E-state index in [2.05, 4.69) is 5.32 Å². The molecule has 5 nitrogen and oxygen atoms in total. The Morgan fingerprint density at radius 2 is 2.14 bits per heavy atom. The molecule has 0 unspecified atom stereocenters. The first-order valence-electron chi connectivity index (χ1n) is 7.26. The van der Waals surface area contributed by atoms with Gasteiger partial charge in [-0.25, -0.2) is 4.79 Å². The third-order valence-electron chi connectivity index (χ3n) is 3.79. The zero-order valence-corrected chi connectivity index (χ0v) is 12.2. The van der Waals surface area contributed by atoms with E-state index in [1.165, 1.54) is 0 Å². The van der Waals surface area contributed by atoms with E-state index in [1.54, 1.807) is 18.2 Å². The summed E-state index contributed by atoms with van der Waals surface area (Å²) in [4.78, 5) is 23.0. The summed E-state index contributed by atoms with van der Waals surface area (Å²) in [6.07, 6.45) is 2.39. The molecule has 1 aromatic rings. The SMILES string of the molecule is CCOCC1(C(=O)NCCc2cccc(C(=O)O)c2)CC1. The Morgan fingerprint density at radius 3 is 2.76 bits per heavy atom. The maximum Gasteiger partial charge on any atom is 0.335 e. The highest BCUT2D eigenvalue weighted by Crippen LogP contribution is 2.46. The maximum absolute atomic E-state index is 12.1. The molecule has 0 saturated heterocycles. The molecule has 1 saturated carbocycles. The van der Waals surface area contributed by atoms with Gasteiger partial charge in [0.2, 0.25) is 5.91 Å². The Bertz CT molecular complexity index is 523. The maximum atomic E-state index is 12.1. The van der Waals surface area contributed by atoms with E-state index in [9.17, 15) is 9.59 Å². The van der Waals surface area contributed by atoms with Gasteiger partial charge >= 0.3 is 5.97 Å². The van der Waals surface area contributed by atoms with E-state index >= 15 is 0 Å². The molecule has 0 radical (unpaired) electrons. The molecule has 0 aliphatic heterocycles. The molecule has 0 bridgehead atoms. The van der Waals surface area contributed by atoms with Crippen LogP contribution in [0, 0.1) is 5.41 Å². The molecule has 0 aromatic heterocycles. The number of carbonyl (C=O) groups is 2. The van der Waals surface area contributed by atoms with Gasteiger partial charge in [0.15, 0.2) is 0 Å². The van der Waals surface area contributed by atoms with Gasteiger partial charge in [0.05, 0.1) is 17.6 Å². The first kappa shape index (κ1) is 15.5. The second-order valence-electron chi connectivity index (χ2n) is 5.43. The average Bonchev–Trinajstić information content (AvgIpc) is 3.26. The van der Waals surface area contributed by atoms with Crippen LogP contribution in [0.15, 0.2) is 24.3 Å². The van der Waals surface area contributed by atoms with Crippen molar-refractivity contribution in [3.8, 4) is 0 Å². The van der Waals surface area contributed by atoms with Crippen LogP contribution < -0.4 is 5.32 Å². The lowest BCUT2D eigenvalue weighted by Crippen LogP contribution is -2.36. The standard InChI is InChI=1S/C16H21NO4/c1-2-21-11-16(7-8-16)15(20)17-9-6-12-4-3-5-13(10-12)14(18)19/h3-5,10H,2,6-9,11H2,1H3,(H,17,20)(H,18,19). The number of ether oxygens (including phenoxy) is 1. The number of amides is 1. The van der Waals surface area contributed by atoms with Crippen molar-refractivity contribution in [1.29, 1.82) is 0 Å². The summed E-state index contributed by atoms with van der Waals surface area (Å²) in [5, 5.41) is 11.9. The predicted octanol–water partition coefficient (Wildman–Crippen LogP) is 1.86. The van der Waals surface area contributed by atoms with Gasteiger partial charge in [-0.3, -0.25) is 4.79 Å². The third kappa shape index (κ3) is 4.04. The molecule has 1 amide bonds. The van der Waals surface area contributed by atoms with E-state index in [0.717, 1.165) is 18.4 Å². The molecular weight excluding hydrogens is 270 g/mol. The van der Waals surface area contributed by atoms with Crippen molar-refractivity contribution in [2.24, 2.45) is 5.41 Å². The number of benzene rings is 1. The fraction of sp³-hybridized carbons (Fsp3) is 0.500. The minimum absolute atomic E-state index is 0.0466. The molecule has 0 heterocycles. The molecule has 0 spiro atoms. The van der Waals surface area contributed by atoms with Gasteiger partial charge in [-0.15, -0.1) is 0 Å². The van der Waals surface area contributed by atoms with Crippen molar-refractivity contribution < 1.29 is 19.4 Å². The Morgan fingerprint density at radius 1 is 1.38 bits per heavy atom. The van der Waals surface area contributed by atoms with Crippen molar-refractivity contribution in [3.63, 3.8) is 0 Å². The van der Waals surface area contributed by atoms with Crippen LogP contribution in [0.25, 0.3) is 0 Å². The van der Waals surface area contributed by atoms with Crippen LogP contribution in [0.5, 0.6) is 0 Å². The van der Waals surface area contributed by atoms with Crippen molar-refractivity contribution in [1.82, 2.24) is 5.32 Å². The Kier molecular flexibility index (Phi) is 4.96. The number of rotatable bonds is 8. The summed E-state index contributed by atoms with van der Waals surface area (Å²) in [5.74, 6) is -0.889. The second kappa shape index (κ2) is 6.72. The quantitative estimate of drug-likeness (QED) is 0.766. The number of carboxylic acid groups (broad SMARTS) is 1. The van der Waals surface area contributed by atoms with Crippen LogP contribution in [-0.4, -0.2) is 36.7 Å². The molecule has 2 rings (SSSR count). The van der Waals surface area contributed by atoms with E-state index in [0.29, 0.717) is 26.2 Å². The summed E-state index contributed by atoms with van der Waals surface area (Å²) >= 11 is 0. The molecule has 0 atom stereocenters. The van der Waals surface area contributed by atoms with Gasteiger partial charge in [-0.2, -0.15) is 0 Å². The molecule has 5 heteroatoms. The largest absolute Gasteiger partial charge is 0.478 e. The second-order valence-corrected chi connectivity index (χ2v) is 5.43. The van der Waals surface area contributed by atoms with Crippen LogP contribution in [0.1, 0.15) is 35.7 Å². The number of hydrogen-bond donors (Lipinski definition) is 2. The lowest BCUT2D eigenvalue weighted by atomic mass is 10.1. The van der Waals surface area contributed by atoms with Crippen molar-refractivity contribution in [2.75, 3.05) is 19.8 Å². The summed E-state index contributed by atoms with van der Waals surface area (Å²) < 4.78 is 5.36. The number of aromatic carboxylic acids is 1. The van der Waals surface area contributed by atoms with Gasteiger partial charge in [0, 0.05) is 13.2 Å². The number of carboxylic acids is 1. The molecule has 1 aliphatic carbocycles. The highest BCUT2D eigenvalue weighted by Gasteiger charge is 2.49. The molecule has 114 valence electrons. The minimum atomic E-state index is -0.936. The van der Waals surface area contributed by atoms with Crippen LogP contribution in [0.4, 0.5) is 0 Å². The van der Waals surface area contributed by atoms with Gasteiger partial charge in [0.1, 0.15) is 0 Å². The Hall–Kier alpha value is -1.88. The Labute approximate surface area is 124 Å². The van der Waals surface area contributed by atoms with Crippen LogP contribution in [0.3, 0.4) is 0 Å². The monoisotopic (exact) mass is 291 g/mol. The molecule has 1 aromatic carbocycles. The highest BCUT2D eigenvalue weighted by molar-refractivity contribution is 5.87. The smallest absolute Gasteiger partial charge is 0.335 e. The summed E-state index contributed by atoms with van der Waals surface area (Å²) in [6, 6.07) is 6.79. The molecule has 21 heavy (non-hydrogen) atoms. The topological polar surface area (TPSA) is 75.6 Å². The summed E-state index contributed by atoms with van der Waals surface area (Å²) in [7, 11) is 0. The normalized spacial score (nSPS) is 15.5. The molecular formula is C16H21NO4. The van der Waals surface area contributed by atoms with Crippen molar-refractivity contribution >= 4 is 11.9 Å². The van der Waals surface area contributed by atoms with Crippen molar-refractivity contribution in [2.45, 2.75) is 26.2 Å². The van der Waals surface area contributed by atoms with E-state index < -0.39 is 5.97 Å². The van der Waals surface area contributed by atoms with Gasteiger partial charge in [-0.05, 0) is 43.9 Å².